The quantitative estimate of drug-likeness (QED) is 0.745. The van der Waals surface area contributed by atoms with Gasteiger partial charge in [0.25, 0.3) is 0 Å². The molecule has 0 unspecified atom stereocenters. The molecule has 19 heavy (non-hydrogen) atoms. The molecule has 0 aliphatic carbocycles. The first-order chi connectivity index (χ1) is 9.08. The minimum absolute atomic E-state index is 0.292. The summed E-state index contributed by atoms with van der Waals surface area (Å²) in [5.41, 5.74) is 3.50. The second-order valence-corrected chi connectivity index (χ2v) is 6.14. The van der Waals surface area contributed by atoms with Crippen LogP contribution in [0.25, 0.3) is 5.70 Å². The summed E-state index contributed by atoms with van der Waals surface area (Å²) in [4.78, 5) is 18.6. The number of pyridine rings is 1. The van der Waals surface area contributed by atoms with Gasteiger partial charge in [-0.3, -0.25) is 8.72 Å². The van der Waals surface area contributed by atoms with Crippen LogP contribution < -0.4 is 3.93 Å². The van der Waals surface area contributed by atoms with Crippen LogP contribution in [-0.2, 0) is 4.79 Å². The number of carbonyl (C=O) groups is 1. The molecule has 0 N–H and O–H groups in total. The van der Waals surface area contributed by atoms with Crippen molar-refractivity contribution in [2.45, 2.75) is 26.3 Å². The molecule has 1 aromatic rings. The Bertz CT molecular complexity index is 568. The monoisotopic (exact) mass is 321 g/mol. The number of halogens is 1. The average Bonchev–Trinajstić information content (AvgIpc) is 2.37. The molecule has 0 aromatic carbocycles. The molecule has 0 radical (unpaired) electrons. The number of rotatable bonds is 1. The molecule has 0 spiro atoms. The first-order valence-corrected chi connectivity index (χ1v) is 7.18. The Morgan fingerprint density at radius 3 is 2.89 bits per heavy atom. The first kappa shape index (κ1) is 12.7. The van der Waals surface area contributed by atoms with E-state index in [9.17, 15) is 4.79 Å². The van der Waals surface area contributed by atoms with Gasteiger partial charge in [0.15, 0.2) is 5.78 Å². The van der Waals surface area contributed by atoms with E-state index < -0.39 is 0 Å². The number of hydrogen-bond acceptors (Lipinski definition) is 4. The number of carbonyl (C=O) groups excluding carboxylic acids is 1. The van der Waals surface area contributed by atoms with Crippen molar-refractivity contribution in [1.82, 2.24) is 9.88 Å². The highest BCUT2D eigenvalue weighted by atomic mass is 79.9. The number of aromatic nitrogens is 1. The van der Waals surface area contributed by atoms with Gasteiger partial charge in [-0.2, -0.15) is 0 Å². The molecule has 100 valence electrons. The minimum atomic E-state index is 0.292. The first-order valence-electron chi connectivity index (χ1n) is 6.47. The van der Waals surface area contributed by atoms with Crippen molar-refractivity contribution in [1.29, 1.82) is 0 Å². The molecule has 2 aliphatic heterocycles. The maximum Gasteiger partial charge on any atom is 0.156 e. The average molecular weight is 322 g/mol. The number of Topliss-reactive ketones (excluding diaryl/α,β-unsaturated/α-hetero) is 1. The highest BCUT2D eigenvalue weighted by Gasteiger charge is 2.33. The van der Waals surface area contributed by atoms with Crippen LogP contribution >= 0.6 is 16.1 Å². The van der Waals surface area contributed by atoms with Gasteiger partial charge in [-0.15, -0.1) is 0 Å². The van der Waals surface area contributed by atoms with Gasteiger partial charge in [0.05, 0.1) is 29.2 Å². The van der Waals surface area contributed by atoms with Crippen LogP contribution in [0.15, 0.2) is 23.9 Å². The molecule has 0 saturated heterocycles. The molecule has 3 rings (SSSR count). The van der Waals surface area contributed by atoms with Crippen LogP contribution in [0.3, 0.4) is 0 Å². The molecule has 0 saturated carbocycles. The van der Waals surface area contributed by atoms with Gasteiger partial charge in [0, 0.05) is 29.9 Å². The van der Waals surface area contributed by atoms with Crippen molar-refractivity contribution in [3.8, 4) is 0 Å². The number of nitrogens with zero attached hydrogens (tertiary/aromatic N) is 3. The Morgan fingerprint density at radius 1 is 1.37 bits per heavy atom. The standard InChI is InChI=1S/C14H16BrN3O/c1-9(2)17-8-11(19)6-10-7-18(15)14-12(13(10)17)4-3-5-16-14/h3-5,9H,6-8H2,1-2H3. The molecule has 0 atom stereocenters. The Hall–Kier alpha value is -1.36. The number of fused-ring (bicyclic) bond motifs is 2. The van der Waals surface area contributed by atoms with E-state index in [1.165, 1.54) is 11.3 Å². The number of anilines is 1. The van der Waals surface area contributed by atoms with E-state index in [1.807, 2.05) is 9.99 Å². The zero-order valence-electron chi connectivity index (χ0n) is 11.1. The lowest BCUT2D eigenvalue weighted by atomic mass is 9.93. The third-order valence-corrected chi connectivity index (χ3v) is 4.19. The molecular weight excluding hydrogens is 306 g/mol. The maximum atomic E-state index is 11.9. The summed E-state index contributed by atoms with van der Waals surface area (Å²) in [7, 11) is 0. The molecule has 4 nitrogen and oxygen atoms in total. The Kier molecular flexibility index (Phi) is 3.09. The van der Waals surface area contributed by atoms with Gasteiger partial charge in [-0.25, -0.2) is 4.98 Å². The Labute approximate surface area is 121 Å². The van der Waals surface area contributed by atoms with E-state index in [0.717, 1.165) is 11.4 Å². The van der Waals surface area contributed by atoms with Crippen molar-refractivity contribution in [2.24, 2.45) is 0 Å². The van der Waals surface area contributed by atoms with Crippen molar-refractivity contribution >= 4 is 33.4 Å². The van der Waals surface area contributed by atoms with Gasteiger partial charge < -0.3 is 4.90 Å². The molecule has 2 aliphatic rings. The van der Waals surface area contributed by atoms with E-state index in [4.69, 9.17) is 0 Å². The molecule has 3 heterocycles. The van der Waals surface area contributed by atoms with Crippen molar-refractivity contribution in [2.75, 3.05) is 17.0 Å². The fourth-order valence-electron chi connectivity index (χ4n) is 2.78. The van der Waals surface area contributed by atoms with Crippen LogP contribution in [0, 0.1) is 0 Å². The van der Waals surface area contributed by atoms with Crippen LogP contribution in [-0.4, -0.2) is 34.8 Å². The van der Waals surface area contributed by atoms with Crippen molar-refractivity contribution < 1.29 is 4.79 Å². The highest BCUT2D eigenvalue weighted by molar-refractivity contribution is 9.10. The summed E-state index contributed by atoms with van der Waals surface area (Å²) in [6.07, 6.45) is 2.35. The lowest BCUT2D eigenvalue weighted by Gasteiger charge is -2.40. The van der Waals surface area contributed by atoms with E-state index >= 15 is 0 Å². The van der Waals surface area contributed by atoms with E-state index in [2.05, 4.69) is 45.9 Å². The predicted octanol–water partition coefficient (Wildman–Crippen LogP) is 2.61. The van der Waals surface area contributed by atoms with E-state index in [0.29, 0.717) is 31.3 Å². The van der Waals surface area contributed by atoms with Crippen LogP contribution in [0.4, 0.5) is 5.82 Å². The zero-order chi connectivity index (χ0) is 13.6. The predicted molar refractivity (Wildman–Crippen MR) is 78.9 cm³/mol. The van der Waals surface area contributed by atoms with Crippen LogP contribution in [0.1, 0.15) is 25.8 Å². The smallest absolute Gasteiger partial charge is 0.156 e. The molecule has 0 fully saturated rings. The SMILES string of the molecule is CC(C)N1CC(=O)CC2=C1c1cccnc1N(Br)C2. The summed E-state index contributed by atoms with van der Waals surface area (Å²) in [5, 5.41) is 0. The number of ketones is 1. The highest BCUT2D eigenvalue weighted by Crippen LogP contribution is 2.40. The fourth-order valence-corrected chi connectivity index (χ4v) is 3.37. The second kappa shape index (κ2) is 4.63. The lowest BCUT2D eigenvalue weighted by Crippen LogP contribution is -2.41. The second-order valence-electron chi connectivity index (χ2n) is 5.28. The Morgan fingerprint density at radius 2 is 2.16 bits per heavy atom. The van der Waals surface area contributed by atoms with E-state index in [1.54, 1.807) is 6.20 Å². The molecule has 0 bridgehead atoms. The third kappa shape index (κ3) is 2.06. The fraction of sp³-hybridized carbons (Fsp3) is 0.429. The lowest BCUT2D eigenvalue weighted by molar-refractivity contribution is -0.119. The van der Waals surface area contributed by atoms with Crippen LogP contribution in [0.5, 0.6) is 0 Å². The summed E-state index contributed by atoms with van der Waals surface area (Å²) in [6, 6.07) is 4.34. The summed E-state index contributed by atoms with van der Waals surface area (Å²) in [5.74, 6) is 1.22. The normalized spacial score (nSPS) is 18.8. The van der Waals surface area contributed by atoms with Crippen molar-refractivity contribution in [3.63, 3.8) is 0 Å². The minimum Gasteiger partial charge on any atom is -0.361 e. The van der Waals surface area contributed by atoms with E-state index in [-0.39, 0.29) is 0 Å². The van der Waals surface area contributed by atoms with Crippen molar-refractivity contribution in [3.05, 3.63) is 29.5 Å². The van der Waals surface area contributed by atoms with Gasteiger partial charge in [0.2, 0.25) is 0 Å². The summed E-state index contributed by atoms with van der Waals surface area (Å²) < 4.78 is 1.94. The zero-order valence-corrected chi connectivity index (χ0v) is 12.6. The van der Waals surface area contributed by atoms with Gasteiger partial charge in [-0.05, 0) is 31.6 Å². The topological polar surface area (TPSA) is 36.4 Å². The summed E-state index contributed by atoms with van der Waals surface area (Å²) >= 11 is 3.53. The molecular formula is C14H16BrN3O. The molecule has 1 aromatic heterocycles. The van der Waals surface area contributed by atoms with Crippen LogP contribution in [0.2, 0.25) is 0 Å². The third-order valence-electron chi connectivity index (χ3n) is 3.60. The Balaban J connectivity index is 2.17. The number of hydrogen-bond donors (Lipinski definition) is 0. The largest absolute Gasteiger partial charge is 0.361 e. The van der Waals surface area contributed by atoms with Gasteiger partial charge in [0.1, 0.15) is 5.82 Å². The molecule has 5 heteroatoms. The van der Waals surface area contributed by atoms with Gasteiger partial charge >= 0.3 is 0 Å². The van der Waals surface area contributed by atoms with Gasteiger partial charge in [-0.1, -0.05) is 0 Å². The maximum absolute atomic E-state index is 11.9. The molecule has 0 amide bonds. The summed E-state index contributed by atoms with van der Waals surface area (Å²) in [6.45, 7) is 5.47.